The molecular formula is C16H24N2O2. The maximum absolute atomic E-state index is 12.2. The van der Waals surface area contributed by atoms with Gasteiger partial charge in [0.1, 0.15) is 6.17 Å². The number of hydrogen-bond donors (Lipinski definition) is 1. The van der Waals surface area contributed by atoms with E-state index in [0.717, 1.165) is 5.56 Å². The fraction of sp³-hybridized carbons (Fsp3) is 0.562. The standard InChI is InChI=1S/C16H24N2O2/c1-5-20-16(3,4)11-18-14(19)10-17-15(18)13-9-7-6-8-12(13)2/h6-9,15,17H,5,10-11H2,1-4H3. The predicted molar refractivity (Wildman–Crippen MR) is 79.3 cm³/mol. The summed E-state index contributed by atoms with van der Waals surface area (Å²) in [6, 6.07) is 8.18. The molecule has 0 aliphatic carbocycles. The van der Waals surface area contributed by atoms with E-state index < -0.39 is 0 Å². The zero-order valence-corrected chi connectivity index (χ0v) is 12.8. The molecule has 1 unspecified atom stereocenters. The zero-order valence-electron chi connectivity index (χ0n) is 12.8. The van der Waals surface area contributed by atoms with Crippen LogP contribution in [0.15, 0.2) is 24.3 Å². The molecule has 1 aromatic rings. The van der Waals surface area contributed by atoms with Gasteiger partial charge in [-0.1, -0.05) is 24.3 Å². The van der Waals surface area contributed by atoms with Crippen LogP contribution >= 0.6 is 0 Å². The first-order valence-corrected chi connectivity index (χ1v) is 7.17. The number of amides is 1. The smallest absolute Gasteiger partial charge is 0.238 e. The fourth-order valence-corrected chi connectivity index (χ4v) is 2.74. The number of nitrogens with one attached hydrogen (secondary N) is 1. The Hall–Kier alpha value is -1.39. The van der Waals surface area contributed by atoms with Gasteiger partial charge in [0.05, 0.1) is 18.7 Å². The monoisotopic (exact) mass is 276 g/mol. The Balaban J connectivity index is 2.21. The second kappa shape index (κ2) is 5.94. The van der Waals surface area contributed by atoms with Crippen molar-refractivity contribution >= 4 is 5.91 Å². The number of rotatable bonds is 5. The second-order valence-electron chi connectivity index (χ2n) is 5.85. The molecule has 1 saturated heterocycles. The lowest BCUT2D eigenvalue weighted by Gasteiger charge is -2.34. The topological polar surface area (TPSA) is 41.6 Å². The molecule has 1 N–H and O–H groups in total. The summed E-state index contributed by atoms with van der Waals surface area (Å²) < 4.78 is 5.73. The summed E-state index contributed by atoms with van der Waals surface area (Å²) in [5.41, 5.74) is 2.02. The molecule has 0 radical (unpaired) electrons. The van der Waals surface area contributed by atoms with Crippen molar-refractivity contribution in [1.82, 2.24) is 10.2 Å². The minimum atomic E-state index is -0.336. The number of aryl methyl sites for hydroxylation is 1. The Kier molecular flexibility index (Phi) is 4.45. The molecule has 1 fully saturated rings. The third-order valence-corrected chi connectivity index (χ3v) is 3.65. The van der Waals surface area contributed by atoms with Crippen LogP contribution in [0.3, 0.4) is 0 Å². The average Bonchev–Trinajstić information content (AvgIpc) is 2.71. The van der Waals surface area contributed by atoms with Crippen LogP contribution in [0, 0.1) is 6.92 Å². The normalized spacial score (nSPS) is 19.7. The van der Waals surface area contributed by atoms with E-state index in [2.05, 4.69) is 24.4 Å². The van der Waals surface area contributed by atoms with Crippen LogP contribution in [0.5, 0.6) is 0 Å². The number of benzene rings is 1. The molecule has 0 aromatic heterocycles. The van der Waals surface area contributed by atoms with Crippen molar-refractivity contribution < 1.29 is 9.53 Å². The summed E-state index contributed by atoms with van der Waals surface area (Å²) in [6.45, 7) is 9.73. The molecule has 1 aliphatic heterocycles. The quantitative estimate of drug-likeness (QED) is 0.897. The van der Waals surface area contributed by atoms with Crippen LogP contribution in [0.4, 0.5) is 0 Å². The van der Waals surface area contributed by atoms with Crippen molar-refractivity contribution in [3.63, 3.8) is 0 Å². The predicted octanol–water partition coefficient (Wildman–Crippen LogP) is 2.24. The first kappa shape index (κ1) is 15.0. The lowest BCUT2D eigenvalue weighted by molar-refractivity contribution is -0.132. The van der Waals surface area contributed by atoms with Crippen LogP contribution in [0.2, 0.25) is 0 Å². The third-order valence-electron chi connectivity index (χ3n) is 3.65. The summed E-state index contributed by atoms with van der Waals surface area (Å²) in [6.07, 6.45) is -0.0524. The van der Waals surface area contributed by atoms with E-state index in [1.807, 2.05) is 37.8 Å². The highest BCUT2D eigenvalue weighted by Gasteiger charge is 2.36. The molecule has 4 heteroatoms. The van der Waals surface area contributed by atoms with Crippen LogP contribution in [-0.2, 0) is 9.53 Å². The van der Waals surface area contributed by atoms with Crippen LogP contribution < -0.4 is 5.32 Å². The molecule has 4 nitrogen and oxygen atoms in total. The van der Waals surface area contributed by atoms with Crippen LogP contribution in [0.25, 0.3) is 0 Å². The molecule has 2 rings (SSSR count). The zero-order chi connectivity index (χ0) is 14.8. The lowest BCUT2D eigenvalue weighted by Crippen LogP contribution is -2.43. The summed E-state index contributed by atoms with van der Waals surface area (Å²) in [4.78, 5) is 14.0. The molecule has 1 amide bonds. The minimum Gasteiger partial charge on any atom is -0.374 e. The molecule has 0 spiro atoms. The average molecular weight is 276 g/mol. The highest BCUT2D eigenvalue weighted by molar-refractivity contribution is 5.81. The number of ether oxygens (including phenoxy) is 1. The first-order valence-electron chi connectivity index (χ1n) is 7.17. The summed E-state index contributed by atoms with van der Waals surface area (Å²) >= 11 is 0. The van der Waals surface area contributed by atoms with Gasteiger partial charge in [0.25, 0.3) is 0 Å². The highest BCUT2D eigenvalue weighted by Crippen LogP contribution is 2.27. The van der Waals surface area contributed by atoms with Gasteiger partial charge in [-0.3, -0.25) is 10.1 Å². The van der Waals surface area contributed by atoms with Gasteiger partial charge >= 0.3 is 0 Å². The maximum Gasteiger partial charge on any atom is 0.238 e. The molecule has 0 saturated carbocycles. The van der Waals surface area contributed by atoms with E-state index in [1.54, 1.807) is 0 Å². The van der Waals surface area contributed by atoms with E-state index in [9.17, 15) is 4.79 Å². The number of carbonyl (C=O) groups is 1. The van der Waals surface area contributed by atoms with Crippen molar-refractivity contribution in [3.8, 4) is 0 Å². The van der Waals surface area contributed by atoms with Gasteiger partial charge in [0, 0.05) is 6.61 Å². The number of carbonyl (C=O) groups excluding carboxylic acids is 1. The fourth-order valence-electron chi connectivity index (χ4n) is 2.74. The van der Waals surface area contributed by atoms with Crippen molar-refractivity contribution in [2.45, 2.75) is 39.5 Å². The van der Waals surface area contributed by atoms with Crippen molar-refractivity contribution in [2.24, 2.45) is 0 Å². The molecule has 1 heterocycles. The minimum absolute atomic E-state index is 0.0524. The van der Waals surface area contributed by atoms with Crippen LogP contribution in [-0.4, -0.2) is 36.1 Å². The summed E-state index contributed by atoms with van der Waals surface area (Å²) in [5, 5.41) is 3.30. The lowest BCUT2D eigenvalue weighted by atomic mass is 10.0. The second-order valence-corrected chi connectivity index (χ2v) is 5.85. The highest BCUT2D eigenvalue weighted by atomic mass is 16.5. The van der Waals surface area contributed by atoms with Gasteiger partial charge in [-0.05, 0) is 38.8 Å². The van der Waals surface area contributed by atoms with E-state index in [0.29, 0.717) is 19.7 Å². The van der Waals surface area contributed by atoms with Gasteiger partial charge in [-0.25, -0.2) is 0 Å². The molecule has 1 atom stereocenters. The Morgan fingerprint density at radius 2 is 2.10 bits per heavy atom. The Labute approximate surface area is 121 Å². The molecular weight excluding hydrogens is 252 g/mol. The molecule has 20 heavy (non-hydrogen) atoms. The molecule has 1 aromatic carbocycles. The number of hydrogen-bond acceptors (Lipinski definition) is 3. The van der Waals surface area contributed by atoms with E-state index in [4.69, 9.17) is 4.74 Å². The van der Waals surface area contributed by atoms with Gasteiger partial charge in [0.15, 0.2) is 0 Å². The Morgan fingerprint density at radius 1 is 1.40 bits per heavy atom. The van der Waals surface area contributed by atoms with Crippen molar-refractivity contribution in [3.05, 3.63) is 35.4 Å². The van der Waals surface area contributed by atoms with E-state index in [1.165, 1.54) is 5.56 Å². The Bertz CT molecular complexity index is 485. The maximum atomic E-state index is 12.2. The summed E-state index contributed by atoms with van der Waals surface area (Å²) in [7, 11) is 0. The van der Waals surface area contributed by atoms with Crippen LogP contribution in [0.1, 0.15) is 38.1 Å². The van der Waals surface area contributed by atoms with Crippen molar-refractivity contribution in [1.29, 1.82) is 0 Å². The largest absolute Gasteiger partial charge is 0.374 e. The van der Waals surface area contributed by atoms with Gasteiger partial charge in [-0.15, -0.1) is 0 Å². The Morgan fingerprint density at radius 3 is 2.75 bits per heavy atom. The molecule has 1 aliphatic rings. The van der Waals surface area contributed by atoms with Crippen molar-refractivity contribution in [2.75, 3.05) is 19.7 Å². The van der Waals surface area contributed by atoms with E-state index >= 15 is 0 Å². The molecule has 110 valence electrons. The van der Waals surface area contributed by atoms with Gasteiger partial charge in [0.2, 0.25) is 5.91 Å². The van der Waals surface area contributed by atoms with E-state index in [-0.39, 0.29) is 17.7 Å². The third kappa shape index (κ3) is 3.19. The first-order chi connectivity index (χ1) is 9.44. The van der Waals surface area contributed by atoms with Gasteiger partial charge in [-0.2, -0.15) is 0 Å². The summed E-state index contributed by atoms with van der Waals surface area (Å²) in [5.74, 6) is 0.131. The van der Waals surface area contributed by atoms with Gasteiger partial charge < -0.3 is 9.64 Å². The molecule has 0 bridgehead atoms. The SMILES string of the molecule is CCOC(C)(C)CN1C(=O)CNC1c1ccccc1C. The number of nitrogens with zero attached hydrogens (tertiary/aromatic N) is 1.